The molecule has 1 aliphatic rings. The van der Waals surface area contributed by atoms with Crippen molar-refractivity contribution in [2.45, 2.75) is 84.4 Å². The van der Waals surface area contributed by atoms with E-state index in [0.29, 0.717) is 93.3 Å². The number of hydrogen-bond donors (Lipinski definition) is 9. The lowest BCUT2D eigenvalue weighted by Crippen LogP contribution is -2.35. The smallest absolute Gasteiger partial charge is 0.239 e. The Morgan fingerprint density at radius 3 is 1.44 bits per heavy atom. The number of aromatic nitrogens is 6. The third kappa shape index (κ3) is 20.5. The molecule has 70 heavy (non-hydrogen) atoms. The predicted molar refractivity (Wildman–Crippen MR) is 284 cm³/mol. The van der Waals surface area contributed by atoms with E-state index in [4.69, 9.17) is 74.1 Å². The molecule has 1 aliphatic heterocycles. The number of carbonyl (C=O) groups excluding carboxylic acids is 2. The van der Waals surface area contributed by atoms with Gasteiger partial charge in [-0.25, -0.2) is 29.9 Å². The van der Waals surface area contributed by atoms with E-state index in [9.17, 15) is 24.9 Å². The maximum atomic E-state index is 11.2. The predicted octanol–water partition coefficient (Wildman–Crippen LogP) is 7.32. The lowest BCUT2D eigenvalue weighted by atomic mass is 9.98. The molecule has 0 radical (unpaired) electrons. The summed E-state index contributed by atoms with van der Waals surface area (Å²) in [5.41, 5.74) is 22.3. The lowest BCUT2D eigenvalue weighted by Gasteiger charge is -2.15. The number of carbonyl (C=O) groups is 2. The van der Waals surface area contributed by atoms with Crippen molar-refractivity contribution in [2.24, 2.45) is 22.9 Å². The fourth-order valence-electron chi connectivity index (χ4n) is 5.37. The molecule has 3 aromatic heterocycles. The highest BCUT2D eigenvalue weighted by Crippen LogP contribution is 2.32. The average molecular weight is 1040 g/mol. The Bertz CT molecular complexity index is 2560. The molecular formula is C47H62BCl4N12O6-. The second-order valence-electron chi connectivity index (χ2n) is 14.3. The van der Waals surface area contributed by atoms with Gasteiger partial charge in [0.2, 0.25) is 11.8 Å². The number of ether oxygens (including phenoxy) is 1. The van der Waals surface area contributed by atoms with Gasteiger partial charge in [0.05, 0.1) is 22.7 Å². The number of aromatic hydroxyl groups is 3. The summed E-state index contributed by atoms with van der Waals surface area (Å²) >= 11 is 23.4. The normalized spacial score (nSPS) is 13.5. The number of phenols is 3. The quantitative estimate of drug-likeness (QED) is 0.0404. The van der Waals surface area contributed by atoms with Crippen LogP contribution in [-0.4, -0.2) is 102 Å². The summed E-state index contributed by atoms with van der Waals surface area (Å²) in [5, 5.41) is 37.3. The molecule has 18 nitrogen and oxygen atoms in total. The van der Waals surface area contributed by atoms with Gasteiger partial charge in [0.15, 0.2) is 17.5 Å². The zero-order valence-electron chi connectivity index (χ0n) is 37.5. The van der Waals surface area contributed by atoms with Crippen molar-refractivity contribution in [2.75, 3.05) is 23.8 Å². The lowest BCUT2D eigenvalue weighted by molar-refractivity contribution is -0.119. The molecule has 2 amide bonds. The van der Waals surface area contributed by atoms with Gasteiger partial charge in [0.1, 0.15) is 40.1 Å². The van der Waals surface area contributed by atoms with Crippen LogP contribution in [0.3, 0.4) is 0 Å². The SMILES string of the molecule is C.CC[C@@H](N)C(N)=O.CC[C@@H](Nc1ccnc(-c2cc(Cl)ccc2O)n1)C(N)=O.CC[C@H](CN)Nc1ccnc(-c2cc(Cl)ccc2O)n1.Oc1ccc(Cl)cc1-c1nccc(Cl)n1.[BH3-]C1CCCO1. The van der Waals surface area contributed by atoms with E-state index in [1.54, 1.807) is 60.8 Å². The number of halogens is 4. The summed E-state index contributed by atoms with van der Waals surface area (Å²) in [5.74, 6) is 1.50. The topological polar surface area (TPSA) is 310 Å². The molecule has 6 aromatic rings. The highest BCUT2D eigenvalue weighted by atomic mass is 35.5. The molecule has 23 heteroatoms. The Labute approximate surface area is 429 Å². The van der Waals surface area contributed by atoms with Crippen LogP contribution < -0.4 is 33.6 Å². The van der Waals surface area contributed by atoms with E-state index in [2.05, 4.69) is 47.5 Å². The van der Waals surface area contributed by atoms with Gasteiger partial charge >= 0.3 is 0 Å². The van der Waals surface area contributed by atoms with Crippen LogP contribution >= 0.6 is 46.4 Å². The molecule has 378 valence electrons. The molecule has 7 rings (SSSR count). The number of anilines is 2. The zero-order chi connectivity index (χ0) is 51.0. The van der Waals surface area contributed by atoms with Crippen LogP contribution in [0.5, 0.6) is 17.2 Å². The summed E-state index contributed by atoms with van der Waals surface area (Å²) < 4.78 is 5.26. The van der Waals surface area contributed by atoms with Gasteiger partial charge in [-0.05, 0) is 106 Å². The van der Waals surface area contributed by atoms with Crippen molar-refractivity contribution in [3.63, 3.8) is 0 Å². The van der Waals surface area contributed by atoms with Crippen LogP contribution in [0.4, 0.5) is 11.6 Å². The Balaban J connectivity index is 0.000000319. The number of nitrogens with two attached hydrogens (primary N) is 4. The molecule has 0 saturated carbocycles. The van der Waals surface area contributed by atoms with Gasteiger partial charge in [0, 0.05) is 52.9 Å². The maximum absolute atomic E-state index is 11.2. The molecule has 1 fully saturated rings. The number of nitrogens with zero attached hydrogens (tertiary/aromatic N) is 6. The van der Waals surface area contributed by atoms with Crippen molar-refractivity contribution in [1.29, 1.82) is 0 Å². The monoisotopic (exact) mass is 1040 g/mol. The second kappa shape index (κ2) is 31.2. The van der Waals surface area contributed by atoms with E-state index in [0.717, 1.165) is 19.0 Å². The van der Waals surface area contributed by atoms with Gasteiger partial charge < -0.3 is 53.6 Å². The number of phenolic OH excluding ortho intramolecular Hbond substituents is 3. The second-order valence-corrected chi connectivity index (χ2v) is 16.0. The van der Waals surface area contributed by atoms with Crippen LogP contribution in [0.1, 0.15) is 60.3 Å². The van der Waals surface area contributed by atoms with Crippen molar-refractivity contribution in [1.82, 2.24) is 29.9 Å². The van der Waals surface area contributed by atoms with Crippen molar-refractivity contribution in [3.05, 3.63) is 112 Å². The van der Waals surface area contributed by atoms with Crippen molar-refractivity contribution in [3.8, 4) is 51.4 Å². The minimum atomic E-state index is -0.513. The molecule has 1 saturated heterocycles. The van der Waals surface area contributed by atoms with Crippen LogP contribution in [0.2, 0.25) is 20.2 Å². The summed E-state index contributed by atoms with van der Waals surface area (Å²) in [7, 11) is 0.521. The first kappa shape index (κ1) is 60.1. The van der Waals surface area contributed by atoms with Crippen LogP contribution in [-0.2, 0) is 14.3 Å². The largest absolute Gasteiger partial charge is 0.507 e. The maximum Gasteiger partial charge on any atom is 0.239 e. The van der Waals surface area contributed by atoms with Gasteiger partial charge in [-0.15, -0.1) is 0 Å². The first-order valence-corrected chi connectivity index (χ1v) is 22.6. The Hall–Kier alpha value is -6.06. The van der Waals surface area contributed by atoms with Gasteiger partial charge in [0.25, 0.3) is 0 Å². The molecular weight excluding hydrogens is 981 g/mol. The minimum absolute atomic E-state index is 0. The number of benzene rings is 3. The molecule has 13 N–H and O–H groups in total. The summed E-state index contributed by atoms with van der Waals surface area (Å²) in [6, 6.07) is 19.0. The van der Waals surface area contributed by atoms with Crippen LogP contribution in [0.25, 0.3) is 34.2 Å². The highest BCUT2D eigenvalue weighted by Gasteiger charge is 2.16. The van der Waals surface area contributed by atoms with Gasteiger partial charge in [-0.2, -0.15) is 0 Å². The molecule has 0 spiro atoms. The third-order valence-corrected chi connectivity index (χ3v) is 10.2. The Kier molecular flexibility index (Phi) is 26.8. The molecule has 0 bridgehead atoms. The summed E-state index contributed by atoms with van der Waals surface area (Å²) in [6.45, 7) is 7.28. The summed E-state index contributed by atoms with van der Waals surface area (Å²) in [6.07, 6.45) is 9.44. The Morgan fingerprint density at radius 2 is 1.13 bits per heavy atom. The number of primary amides is 2. The van der Waals surface area contributed by atoms with Gasteiger partial charge in [-0.1, -0.05) is 87.0 Å². The zero-order valence-corrected chi connectivity index (χ0v) is 40.5. The standard InChI is InChI=1S/C14H15ClN4O2.C14H17ClN4O.C10H6Cl2N2O.C4H10BO.C4H10N2O.CH4/c1-2-10(13(16)21)18-12-5-6-17-14(19-12)9-7-8(15)3-4-11(9)20;1-2-10(8-16)18-13-5-6-17-14(19-13)11-7-9(15)3-4-12(11)20;11-6-1-2-8(15)7(5-6)10-13-4-3-9(12)14-10;5-4-2-1-3-6-4;1-2-3(5)4(6)7;/h3-7,10,20H,2H2,1H3,(H2,16,21)(H,17,18,19);3-7,10,20H,2,8,16H2,1H3,(H,17,18,19);1-5,15H;4H,1-3H2,5H3;3H,2,5H2,1H3,(H2,6,7);1H4/q;;;-1;;/t2*10-;;;3-;/m11..1./s1. The number of nitrogens with one attached hydrogen (secondary N) is 2. The third-order valence-electron chi connectivity index (χ3n) is 9.24. The fraction of sp³-hybridized carbons (Fsp3) is 0.319. The number of rotatable bonds is 13. The average Bonchev–Trinajstić information content (AvgIpc) is 3.83. The van der Waals surface area contributed by atoms with Crippen LogP contribution in [0.15, 0.2) is 91.4 Å². The van der Waals surface area contributed by atoms with Crippen molar-refractivity contribution >= 4 is 77.7 Å². The summed E-state index contributed by atoms with van der Waals surface area (Å²) in [4.78, 5) is 46.2. The van der Waals surface area contributed by atoms with E-state index in [-0.39, 0.29) is 30.7 Å². The number of hydrogen-bond acceptors (Lipinski definition) is 16. The van der Waals surface area contributed by atoms with Gasteiger partial charge in [-0.3, -0.25) is 9.59 Å². The Morgan fingerprint density at radius 1 is 0.686 bits per heavy atom. The molecule has 3 aromatic carbocycles. The molecule has 4 atom stereocenters. The molecule has 4 heterocycles. The van der Waals surface area contributed by atoms with E-state index in [1.807, 2.05) is 13.8 Å². The minimum Gasteiger partial charge on any atom is -0.507 e. The van der Waals surface area contributed by atoms with Crippen LogP contribution in [0, 0.1) is 0 Å². The van der Waals surface area contributed by atoms with E-state index < -0.39 is 23.9 Å². The first-order chi connectivity index (χ1) is 32.9. The molecule has 0 aliphatic carbocycles. The van der Waals surface area contributed by atoms with E-state index >= 15 is 0 Å². The molecule has 1 unspecified atom stereocenters. The fourth-order valence-corrected chi connectivity index (χ4v) is 6.03. The van der Waals surface area contributed by atoms with Crippen molar-refractivity contribution < 1.29 is 29.6 Å². The first-order valence-electron chi connectivity index (χ1n) is 21.1. The highest BCUT2D eigenvalue weighted by molar-refractivity contribution is 6.31. The van der Waals surface area contributed by atoms with E-state index in [1.165, 1.54) is 43.4 Å². The number of amides is 2.